The minimum atomic E-state index is -0.541. The second kappa shape index (κ2) is 8.13. The topological polar surface area (TPSA) is 84.5 Å². The largest absolute Gasteiger partial charge is 0.490 e. The standard InChI is InChI=1S/C21H20ClN3O4/c1-28-21(27)19-17-12-13(2-7-18(17)23-24-19)20(26)25-10-8-16(9-11-25)29-15-5-3-14(22)4-6-15/h2-7,12,16H,8-11H2,1H3,(H,23,24). The van der Waals surface area contributed by atoms with Gasteiger partial charge in [-0.2, -0.15) is 5.10 Å². The maximum atomic E-state index is 12.9. The van der Waals surface area contributed by atoms with Gasteiger partial charge in [0.15, 0.2) is 5.69 Å². The fraction of sp³-hybridized carbons (Fsp3) is 0.286. The summed E-state index contributed by atoms with van der Waals surface area (Å²) in [7, 11) is 1.30. The lowest BCUT2D eigenvalue weighted by atomic mass is 10.0. The molecular formula is C21H20ClN3O4. The number of nitrogens with one attached hydrogen (secondary N) is 1. The van der Waals surface area contributed by atoms with E-state index in [0.29, 0.717) is 34.6 Å². The van der Waals surface area contributed by atoms with Gasteiger partial charge >= 0.3 is 5.97 Å². The number of methoxy groups -OCH3 is 1. The smallest absolute Gasteiger partial charge is 0.359 e. The fourth-order valence-corrected chi connectivity index (χ4v) is 3.59. The first-order valence-corrected chi connectivity index (χ1v) is 9.71. The highest BCUT2D eigenvalue weighted by Gasteiger charge is 2.25. The Balaban J connectivity index is 1.42. The van der Waals surface area contributed by atoms with Crippen LogP contribution in [0.25, 0.3) is 10.9 Å². The molecule has 0 spiro atoms. The van der Waals surface area contributed by atoms with Crippen molar-refractivity contribution in [3.8, 4) is 5.75 Å². The number of rotatable bonds is 4. The molecule has 3 aromatic rings. The normalized spacial score (nSPS) is 14.8. The van der Waals surface area contributed by atoms with Gasteiger partial charge in [0.05, 0.1) is 12.6 Å². The summed E-state index contributed by atoms with van der Waals surface area (Å²) in [6, 6.07) is 12.5. The second-order valence-electron chi connectivity index (χ2n) is 6.89. The summed E-state index contributed by atoms with van der Waals surface area (Å²) in [5.74, 6) is 0.162. The number of amides is 1. The maximum absolute atomic E-state index is 12.9. The number of esters is 1. The van der Waals surface area contributed by atoms with Gasteiger partial charge in [-0.05, 0) is 42.5 Å². The predicted octanol–water partition coefficient (Wildman–Crippen LogP) is 3.69. The molecule has 4 rings (SSSR count). The van der Waals surface area contributed by atoms with Crippen LogP contribution in [0.3, 0.4) is 0 Å². The van der Waals surface area contributed by atoms with Crippen LogP contribution in [0.4, 0.5) is 0 Å². The number of piperidine rings is 1. The van der Waals surface area contributed by atoms with Crippen molar-refractivity contribution in [3.63, 3.8) is 0 Å². The molecule has 0 saturated carbocycles. The van der Waals surface area contributed by atoms with Crippen LogP contribution < -0.4 is 4.74 Å². The molecule has 1 aromatic heterocycles. The minimum absolute atomic E-state index is 0.0579. The summed E-state index contributed by atoms with van der Waals surface area (Å²) in [4.78, 5) is 26.6. The number of halogens is 1. The molecule has 1 N–H and O–H groups in total. The van der Waals surface area contributed by atoms with Gasteiger partial charge in [-0.25, -0.2) is 4.79 Å². The lowest BCUT2D eigenvalue weighted by Gasteiger charge is -2.32. The molecule has 1 aliphatic rings. The third-order valence-electron chi connectivity index (χ3n) is 5.03. The van der Waals surface area contributed by atoms with Crippen molar-refractivity contribution in [3.05, 3.63) is 58.7 Å². The number of aromatic nitrogens is 2. The molecule has 0 bridgehead atoms. The van der Waals surface area contributed by atoms with Crippen molar-refractivity contribution in [1.82, 2.24) is 15.1 Å². The Bertz CT molecular complexity index is 1040. The molecule has 0 atom stereocenters. The maximum Gasteiger partial charge on any atom is 0.359 e. The van der Waals surface area contributed by atoms with Crippen LogP contribution in [-0.2, 0) is 4.74 Å². The summed E-state index contributed by atoms with van der Waals surface area (Å²) in [6.07, 6.45) is 1.55. The average molecular weight is 414 g/mol. The second-order valence-corrected chi connectivity index (χ2v) is 7.32. The number of ether oxygens (including phenoxy) is 2. The van der Waals surface area contributed by atoms with E-state index in [2.05, 4.69) is 10.2 Å². The quantitative estimate of drug-likeness (QED) is 0.659. The van der Waals surface area contributed by atoms with E-state index < -0.39 is 5.97 Å². The van der Waals surface area contributed by atoms with E-state index in [1.165, 1.54) is 7.11 Å². The number of fused-ring (bicyclic) bond motifs is 1. The van der Waals surface area contributed by atoms with Gasteiger partial charge in [-0.1, -0.05) is 11.6 Å². The van der Waals surface area contributed by atoms with Gasteiger partial charge in [0.2, 0.25) is 0 Å². The van der Waals surface area contributed by atoms with Crippen molar-refractivity contribution in [1.29, 1.82) is 0 Å². The highest BCUT2D eigenvalue weighted by molar-refractivity contribution is 6.30. The Morgan fingerprint density at radius 3 is 2.55 bits per heavy atom. The molecule has 2 aromatic carbocycles. The third-order valence-corrected chi connectivity index (χ3v) is 5.29. The van der Waals surface area contributed by atoms with E-state index >= 15 is 0 Å². The van der Waals surface area contributed by atoms with Crippen molar-refractivity contribution < 1.29 is 19.1 Å². The average Bonchev–Trinajstić information content (AvgIpc) is 3.18. The van der Waals surface area contributed by atoms with Crippen molar-refractivity contribution in [2.45, 2.75) is 18.9 Å². The minimum Gasteiger partial charge on any atom is -0.490 e. The van der Waals surface area contributed by atoms with Gasteiger partial charge in [-0.15, -0.1) is 0 Å². The Hall–Kier alpha value is -3.06. The molecule has 0 aliphatic carbocycles. The number of H-pyrrole nitrogens is 1. The first kappa shape index (κ1) is 19.3. The number of hydrogen-bond donors (Lipinski definition) is 1. The number of aromatic amines is 1. The molecule has 0 radical (unpaired) electrons. The predicted molar refractivity (Wildman–Crippen MR) is 108 cm³/mol. The molecular weight excluding hydrogens is 394 g/mol. The number of nitrogens with zero attached hydrogens (tertiary/aromatic N) is 2. The lowest BCUT2D eigenvalue weighted by molar-refractivity contribution is 0.0585. The van der Waals surface area contributed by atoms with Gasteiger partial charge in [0.25, 0.3) is 5.91 Å². The zero-order valence-corrected chi connectivity index (χ0v) is 16.6. The molecule has 2 heterocycles. The van der Waals surface area contributed by atoms with Crippen LogP contribution in [0.5, 0.6) is 5.75 Å². The number of benzene rings is 2. The number of likely N-dealkylation sites (tertiary alicyclic amines) is 1. The molecule has 29 heavy (non-hydrogen) atoms. The summed E-state index contributed by atoms with van der Waals surface area (Å²) < 4.78 is 10.7. The Morgan fingerprint density at radius 1 is 1.14 bits per heavy atom. The third kappa shape index (κ3) is 4.05. The highest BCUT2D eigenvalue weighted by Crippen LogP contribution is 2.23. The zero-order valence-electron chi connectivity index (χ0n) is 15.9. The Kier molecular flexibility index (Phi) is 5.40. The first-order valence-electron chi connectivity index (χ1n) is 9.33. The molecule has 0 unspecified atom stereocenters. The van der Waals surface area contributed by atoms with Crippen LogP contribution in [0, 0.1) is 0 Å². The van der Waals surface area contributed by atoms with E-state index in [-0.39, 0.29) is 17.7 Å². The van der Waals surface area contributed by atoms with Crippen LogP contribution in [0.1, 0.15) is 33.7 Å². The van der Waals surface area contributed by atoms with Gasteiger partial charge < -0.3 is 14.4 Å². The van der Waals surface area contributed by atoms with Gasteiger partial charge in [-0.3, -0.25) is 9.89 Å². The van der Waals surface area contributed by atoms with Gasteiger partial charge in [0.1, 0.15) is 11.9 Å². The highest BCUT2D eigenvalue weighted by atomic mass is 35.5. The number of carbonyl (C=O) groups excluding carboxylic acids is 2. The van der Waals surface area contributed by atoms with Crippen molar-refractivity contribution in [2.75, 3.05) is 20.2 Å². The van der Waals surface area contributed by atoms with Crippen molar-refractivity contribution in [2.24, 2.45) is 0 Å². The first-order chi connectivity index (χ1) is 14.0. The van der Waals surface area contributed by atoms with E-state index in [0.717, 1.165) is 18.6 Å². The summed E-state index contributed by atoms with van der Waals surface area (Å²) in [5.41, 5.74) is 1.37. The number of carbonyl (C=O) groups is 2. The van der Waals surface area contributed by atoms with E-state index in [4.69, 9.17) is 21.1 Å². The van der Waals surface area contributed by atoms with Crippen molar-refractivity contribution >= 4 is 34.4 Å². The molecule has 1 fully saturated rings. The molecule has 7 nitrogen and oxygen atoms in total. The van der Waals surface area contributed by atoms with Crippen LogP contribution >= 0.6 is 11.6 Å². The Labute approximate surface area is 172 Å². The SMILES string of the molecule is COC(=O)c1n[nH]c2ccc(C(=O)N3CCC(Oc4ccc(Cl)cc4)CC3)cc12. The summed E-state index contributed by atoms with van der Waals surface area (Å²) in [5, 5.41) is 8.01. The zero-order chi connectivity index (χ0) is 20.4. The molecule has 1 aliphatic heterocycles. The Morgan fingerprint density at radius 2 is 1.86 bits per heavy atom. The van der Waals surface area contributed by atoms with Crippen LogP contribution in [0.15, 0.2) is 42.5 Å². The molecule has 1 saturated heterocycles. The van der Waals surface area contributed by atoms with E-state index in [1.54, 1.807) is 35.2 Å². The monoisotopic (exact) mass is 413 g/mol. The molecule has 1 amide bonds. The van der Waals surface area contributed by atoms with Crippen LogP contribution in [0.2, 0.25) is 5.02 Å². The number of hydrogen-bond acceptors (Lipinski definition) is 5. The van der Waals surface area contributed by atoms with E-state index in [1.807, 2.05) is 12.1 Å². The summed E-state index contributed by atoms with van der Waals surface area (Å²) >= 11 is 5.90. The lowest BCUT2D eigenvalue weighted by Crippen LogP contribution is -2.41. The summed E-state index contributed by atoms with van der Waals surface area (Å²) in [6.45, 7) is 1.20. The molecule has 150 valence electrons. The fourth-order valence-electron chi connectivity index (χ4n) is 3.46. The van der Waals surface area contributed by atoms with Gasteiger partial charge in [0, 0.05) is 41.9 Å². The van der Waals surface area contributed by atoms with E-state index in [9.17, 15) is 9.59 Å². The van der Waals surface area contributed by atoms with Crippen LogP contribution in [-0.4, -0.2) is 53.3 Å². The molecule has 8 heteroatoms.